The topological polar surface area (TPSA) is 45.9 Å². The third-order valence-corrected chi connectivity index (χ3v) is 5.67. The minimum absolute atomic E-state index is 0.0708. The lowest BCUT2D eigenvalue weighted by atomic mass is 9.74. The van der Waals surface area contributed by atoms with Crippen molar-refractivity contribution in [3.05, 3.63) is 53.7 Å². The summed E-state index contributed by atoms with van der Waals surface area (Å²) in [5, 5.41) is 0. The molecule has 138 valence electrons. The van der Waals surface area contributed by atoms with E-state index in [0.717, 1.165) is 37.2 Å². The molecule has 2 aliphatic heterocycles. The first-order valence-corrected chi connectivity index (χ1v) is 9.00. The van der Waals surface area contributed by atoms with Crippen molar-refractivity contribution in [1.29, 1.82) is 0 Å². The van der Waals surface area contributed by atoms with Crippen LogP contribution in [-0.2, 0) is 10.2 Å². The SMILES string of the molecule is COCCN1CC2(CCN(C(=O)c3ccco3)CC2)c2cc(F)ccc21. The Balaban J connectivity index is 1.54. The second-order valence-electron chi connectivity index (χ2n) is 7.13. The predicted octanol–water partition coefficient (Wildman–Crippen LogP) is 3.06. The molecule has 26 heavy (non-hydrogen) atoms. The number of ether oxygens (including phenoxy) is 1. The second-order valence-corrected chi connectivity index (χ2v) is 7.13. The molecule has 0 atom stereocenters. The molecule has 0 bridgehead atoms. The zero-order valence-electron chi connectivity index (χ0n) is 14.9. The van der Waals surface area contributed by atoms with Gasteiger partial charge in [0.2, 0.25) is 0 Å². The van der Waals surface area contributed by atoms with Gasteiger partial charge in [0.1, 0.15) is 5.82 Å². The van der Waals surface area contributed by atoms with Crippen LogP contribution in [-0.4, -0.2) is 50.7 Å². The Hall–Kier alpha value is -2.34. The number of benzene rings is 1. The number of likely N-dealkylation sites (tertiary alicyclic amines) is 1. The molecule has 3 heterocycles. The molecule has 1 fully saturated rings. The van der Waals surface area contributed by atoms with Crippen LogP contribution in [0.4, 0.5) is 10.1 Å². The van der Waals surface area contributed by atoms with Gasteiger partial charge in [-0.1, -0.05) is 0 Å². The van der Waals surface area contributed by atoms with E-state index in [2.05, 4.69) is 4.90 Å². The molecule has 1 saturated heterocycles. The minimum atomic E-state index is -0.203. The van der Waals surface area contributed by atoms with Gasteiger partial charge < -0.3 is 19.0 Å². The molecule has 5 nitrogen and oxygen atoms in total. The zero-order valence-corrected chi connectivity index (χ0v) is 14.9. The normalized spacial score (nSPS) is 18.4. The zero-order chi connectivity index (χ0) is 18.1. The van der Waals surface area contributed by atoms with E-state index in [-0.39, 0.29) is 17.1 Å². The Bertz CT molecular complexity index is 782. The Kier molecular flexibility index (Phi) is 4.44. The standard InChI is InChI=1S/C20H23FN2O3/c1-25-12-10-23-14-20(16-13-15(21)4-5-17(16)23)6-8-22(9-7-20)19(24)18-3-2-11-26-18/h2-5,11,13H,6-10,12,14H2,1H3. The van der Waals surface area contributed by atoms with Crippen molar-refractivity contribution in [3.8, 4) is 0 Å². The van der Waals surface area contributed by atoms with E-state index >= 15 is 0 Å². The number of hydrogen-bond donors (Lipinski definition) is 0. The van der Waals surface area contributed by atoms with E-state index in [1.807, 2.05) is 11.0 Å². The van der Waals surface area contributed by atoms with E-state index < -0.39 is 0 Å². The van der Waals surface area contributed by atoms with Crippen LogP contribution < -0.4 is 4.90 Å². The molecular weight excluding hydrogens is 335 g/mol. The summed E-state index contributed by atoms with van der Waals surface area (Å²) in [6, 6.07) is 8.48. The monoisotopic (exact) mass is 358 g/mol. The fourth-order valence-electron chi connectivity index (χ4n) is 4.27. The summed E-state index contributed by atoms with van der Waals surface area (Å²) in [7, 11) is 1.69. The molecule has 1 amide bonds. The number of nitrogens with zero attached hydrogens (tertiary/aromatic N) is 2. The van der Waals surface area contributed by atoms with Crippen molar-refractivity contribution in [2.75, 3.05) is 44.8 Å². The first-order chi connectivity index (χ1) is 12.6. The van der Waals surface area contributed by atoms with Crippen LogP contribution in [0.5, 0.6) is 0 Å². The average Bonchev–Trinajstić information content (AvgIpc) is 3.28. The molecule has 0 unspecified atom stereocenters. The van der Waals surface area contributed by atoms with E-state index in [4.69, 9.17) is 9.15 Å². The fourth-order valence-corrected chi connectivity index (χ4v) is 4.27. The van der Waals surface area contributed by atoms with Crippen LogP contribution in [0.1, 0.15) is 29.0 Å². The lowest BCUT2D eigenvalue weighted by Gasteiger charge is -2.39. The van der Waals surface area contributed by atoms with Crippen molar-refractivity contribution in [2.45, 2.75) is 18.3 Å². The van der Waals surface area contributed by atoms with Gasteiger partial charge in [-0.2, -0.15) is 0 Å². The molecular formula is C20H23FN2O3. The van der Waals surface area contributed by atoms with Gasteiger partial charge in [0.25, 0.3) is 5.91 Å². The Morgan fingerprint density at radius 2 is 2.12 bits per heavy atom. The van der Waals surface area contributed by atoms with Crippen LogP contribution in [0, 0.1) is 5.82 Å². The lowest BCUT2D eigenvalue weighted by molar-refractivity contribution is 0.0641. The quantitative estimate of drug-likeness (QED) is 0.843. The maximum absolute atomic E-state index is 13.9. The Morgan fingerprint density at radius 3 is 2.81 bits per heavy atom. The maximum atomic E-state index is 13.9. The summed E-state index contributed by atoms with van der Waals surface area (Å²) in [6.07, 6.45) is 3.15. The van der Waals surface area contributed by atoms with Crippen molar-refractivity contribution in [2.24, 2.45) is 0 Å². The smallest absolute Gasteiger partial charge is 0.289 e. The van der Waals surface area contributed by atoms with Gasteiger partial charge in [0.05, 0.1) is 12.9 Å². The fraction of sp³-hybridized carbons (Fsp3) is 0.450. The average molecular weight is 358 g/mol. The van der Waals surface area contributed by atoms with E-state index in [1.54, 1.807) is 25.3 Å². The summed E-state index contributed by atoms with van der Waals surface area (Å²) < 4.78 is 24.4. The molecule has 4 rings (SSSR count). The van der Waals surface area contributed by atoms with Crippen LogP contribution in [0.2, 0.25) is 0 Å². The third kappa shape index (κ3) is 2.88. The number of halogens is 1. The highest BCUT2D eigenvalue weighted by Crippen LogP contribution is 2.47. The molecule has 1 aromatic heterocycles. The number of rotatable bonds is 4. The largest absolute Gasteiger partial charge is 0.459 e. The molecule has 0 radical (unpaired) electrons. The number of carbonyl (C=O) groups is 1. The van der Waals surface area contributed by atoms with Crippen LogP contribution in [0.3, 0.4) is 0 Å². The number of piperidine rings is 1. The van der Waals surface area contributed by atoms with Crippen LogP contribution in [0.15, 0.2) is 41.0 Å². The predicted molar refractivity (Wildman–Crippen MR) is 96.0 cm³/mol. The Labute approximate surface area is 152 Å². The van der Waals surface area contributed by atoms with E-state index in [9.17, 15) is 9.18 Å². The number of amides is 1. The number of fused-ring (bicyclic) bond motifs is 2. The first-order valence-electron chi connectivity index (χ1n) is 9.00. The summed E-state index contributed by atoms with van der Waals surface area (Å²) in [4.78, 5) is 16.6. The van der Waals surface area contributed by atoms with E-state index in [0.29, 0.717) is 25.5 Å². The summed E-state index contributed by atoms with van der Waals surface area (Å²) in [6.45, 7) is 3.56. The molecule has 1 aromatic carbocycles. The molecule has 2 aromatic rings. The van der Waals surface area contributed by atoms with Gasteiger partial charge in [0, 0.05) is 44.4 Å². The molecule has 2 aliphatic rings. The van der Waals surface area contributed by atoms with Gasteiger partial charge in [-0.3, -0.25) is 4.79 Å². The number of methoxy groups -OCH3 is 1. The number of anilines is 1. The molecule has 0 aliphatic carbocycles. The van der Waals surface area contributed by atoms with E-state index in [1.165, 1.54) is 12.3 Å². The second kappa shape index (κ2) is 6.76. The van der Waals surface area contributed by atoms with Crippen molar-refractivity contribution in [1.82, 2.24) is 4.90 Å². The number of carbonyl (C=O) groups excluding carboxylic acids is 1. The molecule has 6 heteroatoms. The summed E-state index contributed by atoms with van der Waals surface area (Å²) in [5.41, 5.74) is 2.05. The molecule has 0 N–H and O–H groups in total. The van der Waals surface area contributed by atoms with Gasteiger partial charge in [-0.25, -0.2) is 4.39 Å². The van der Waals surface area contributed by atoms with Gasteiger partial charge in [0.15, 0.2) is 5.76 Å². The van der Waals surface area contributed by atoms with Gasteiger partial charge >= 0.3 is 0 Å². The Morgan fingerprint density at radius 1 is 1.31 bits per heavy atom. The van der Waals surface area contributed by atoms with Crippen molar-refractivity contribution in [3.63, 3.8) is 0 Å². The summed E-state index contributed by atoms with van der Waals surface area (Å²) in [5.74, 6) is 0.102. The highest BCUT2D eigenvalue weighted by atomic mass is 19.1. The third-order valence-electron chi connectivity index (χ3n) is 5.67. The number of hydrogen-bond acceptors (Lipinski definition) is 4. The van der Waals surface area contributed by atoms with Gasteiger partial charge in [-0.15, -0.1) is 0 Å². The molecule has 1 spiro atoms. The van der Waals surface area contributed by atoms with Crippen LogP contribution in [0.25, 0.3) is 0 Å². The van der Waals surface area contributed by atoms with Crippen molar-refractivity contribution >= 4 is 11.6 Å². The highest BCUT2D eigenvalue weighted by molar-refractivity contribution is 5.91. The lowest BCUT2D eigenvalue weighted by Crippen LogP contribution is -2.47. The maximum Gasteiger partial charge on any atom is 0.289 e. The first kappa shape index (κ1) is 17.1. The summed E-state index contributed by atoms with van der Waals surface area (Å²) >= 11 is 0. The van der Waals surface area contributed by atoms with Crippen molar-refractivity contribution < 1.29 is 18.3 Å². The highest BCUT2D eigenvalue weighted by Gasteiger charge is 2.45. The van der Waals surface area contributed by atoms with Gasteiger partial charge in [-0.05, 0) is 48.7 Å². The minimum Gasteiger partial charge on any atom is -0.459 e. The number of furan rings is 1. The molecule has 0 saturated carbocycles. The van der Waals surface area contributed by atoms with Crippen LogP contribution >= 0.6 is 0 Å².